The second-order valence-electron chi connectivity index (χ2n) is 9.92. The van der Waals surface area contributed by atoms with E-state index in [1.807, 2.05) is 0 Å². The number of hydrogen-bond acceptors (Lipinski definition) is 7. The van der Waals surface area contributed by atoms with Crippen LogP contribution in [0.3, 0.4) is 0 Å². The average Bonchev–Trinajstić information content (AvgIpc) is 3.23. The van der Waals surface area contributed by atoms with Crippen LogP contribution in [0, 0.1) is 11.8 Å². The molecule has 2 aliphatic heterocycles. The third-order valence-electron chi connectivity index (χ3n) is 5.89. The fourth-order valence-electron chi connectivity index (χ4n) is 4.14. The molecule has 180 valence electrons. The lowest BCUT2D eigenvalue weighted by Crippen LogP contribution is -2.49. The van der Waals surface area contributed by atoms with Gasteiger partial charge in [-0.1, -0.05) is 11.6 Å². The molecule has 3 aliphatic rings. The Bertz CT molecular complexity index is 755. The van der Waals surface area contributed by atoms with Gasteiger partial charge in [0.05, 0.1) is 11.5 Å². The molecule has 9 nitrogen and oxygen atoms in total. The first-order valence-corrected chi connectivity index (χ1v) is 11.0. The number of allylic oxidation sites excluding steroid dienone is 2. The molecular weight excluding hydrogens is 416 g/mol. The van der Waals surface area contributed by atoms with Crippen LogP contribution in [-0.4, -0.2) is 58.0 Å². The van der Waals surface area contributed by atoms with Crippen LogP contribution >= 0.6 is 0 Å². The Hall–Kier alpha value is -2.23. The topological polar surface area (TPSA) is 137 Å². The van der Waals surface area contributed by atoms with Gasteiger partial charge in [0.15, 0.2) is 0 Å². The molecule has 1 aliphatic carbocycles. The van der Waals surface area contributed by atoms with E-state index in [4.69, 9.17) is 19.7 Å². The highest BCUT2D eigenvalue weighted by atomic mass is 16.6. The number of rotatable bonds is 5. The summed E-state index contributed by atoms with van der Waals surface area (Å²) in [5.41, 5.74) is 7.75. The number of hydrazine groups is 1. The van der Waals surface area contributed by atoms with Crippen LogP contribution in [0.15, 0.2) is 23.8 Å². The van der Waals surface area contributed by atoms with Crippen molar-refractivity contribution in [3.63, 3.8) is 0 Å². The Morgan fingerprint density at radius 2 is 1.88 bits per heavy atom. The van der Waals surface area contributed by atoms with Gasteiger partial charge >= 0.3 is 17.9 Å². The van der Waals surface area contributed by atoms with Gasteiger partial charge in [-0.25, -0.2) is 9.59 Å². The maximum absolute atomic E-state index is 12.5. The second kappa shape index (κ2) is 10.6. The molecule has 0 amide bonds. The number of hydrogen-bond donors (Lipinski definition) is 4. The molecule has 0 unspecified atom stereocenters. The standard InChI is InChI=1S/C19H32N2O3.C4H4O4/c1-12-7-6-10-19(5)16(24-19)15-13(9-8-12)14(17(22)23-15)11-20-21-18(2,3)4;5-3(6)1-2-4(7)8/h7,13-16,20-21H,6,8-11H2,1-5H3;1-2H,(H,5,6)(H,7,8)/b;2-1+/t13-,14-,15-,16-,19+;/m0./s1. The fraction of sp³-hybridized carbons (Fsp3) is 0.696. The van der Waals surface area contributed by atoms with Crippen molar-refractivity contribution in [2.45, 2.75) is 83.6 Å². The number of epoxide rings is 1. The first kappa shape index (κ1) is 26.0. The number of fused-ring (bicyclic) bond motifs is 3. The van der Waals surface area contributed by atoms with E-state index in [-0.39, 0.29) is 41.2 Å². The number of ether oxygens (including phenoxy) is 2. The smallest absolute Gasteiger partial charge is 0.328 e. The molecule has 0 aromatic carbocycles. The molecule has 32 heavy (non-hydrogen) atoms. The van der Waals surface area contributed by atoms with Crippen molar-refractivity contribution >= 4 is 17.9 Å². The molecule has 2 heterocycles. The van der Waals surface area contributed by atoms with E-state index in [0.717, 1.165) is 25.7 Å². The number of carboxylic acid groups (broad SMARTS) is 2. The van der Waals surface area contributed by atoms with Gasteiger partial charge in [-0.15, -0.1) is 0 Å². The van der Waals surface area contributed by atoms with E-state index < -0.39 is 11.9 Å². The van der Waals surface area contributed by atoms with Crippen molar-refractivity contribution in [2.24, 2.45) is 11.8 Å². The van der Waals surface area contributed by atoms with Crippen LogP contribution in [0.25, 0.3) is 0 Å². The van der Waals surface area contributed by atoms with E-state index in [9.17, 15) is 14.4 Å². The summed E-state index contributed by atoms with van der Waals surface area (Å²) in [5, 5.41) is 15.6. The first-order chi connectivity index (χ1) is 14.8. The van der Waals surface area contributed by atoms with Gasteiger partial charge < -0.3 is 19.7 Å². The number of carbonyl (C=O) groups is 3. The molecule has 5 atom stereocenters. The number of esters is 1. The predicted molar refractivity (Wildman–Crippen MR) is 118 cm³/mol. The van der Waals surface area contributed by atoms with Crippen molar-refractivity contribution in [3.8, 4) is 0 Å². The minimum atomic E-state index is -1.26. The zero-order valence-corrected chi connectivity index (χ0v) is 19.5. The summed E-state index contributed by atoms with van der Waals surface area (Å²) in [6, 6.07) is 0. The highest BCUT2D eigenvalue weighted by molar-refractivity contribution is 5.89. The van der Waals surface area contributed by atoms with Gasteiger partial charge in [-0.05, 0) is 60.3 Å². The number of carbonyl (C=O) groups excluding carboxylic acids is 1. The molecular formula is C23H36N2O7. The Kier molecular flexibility index (Phi) is 8.61. The molecule has 0 radical (unpaired) electrons. The summed E-state index contributed by atoms with van der Waals surface area (Å²) in [4.78, 5) is 31.6. The van der Waals surface area contributed by atoms with Crippen molar-refractivity contribution in [1.82, 2.24) is 10.9 Å². The van der Waals surface area contributed by atoms with Crippen molar-refractivity contribution in [2.75, 3.05) is 6.54 Å². The number of nitrogens with one attached hydrogen (secondary N) is 2. The highest BCUT2D eigenvalue weighted by Crippen LogP contribution is 2.50. The average molecular weight is 453 g/mol. The van der Waals surface area contributed by atoms with Crippen molar-refractivity contribution < 1.29 is 34.1 Å². The van der Waals surface area contributed by atoms with E-state index in [1.165, 1.54) is 5.57 Å². The zero-order chi connectivity index (χ0) is 24.1. The van der Waals surface area contributed by atoms with Gasteiger partial charge in [0, 0.05) is 30.2 Å². The summed E-state index contributed by atoms with van der Waals surface area (Å²) in [6.45, 7) is 11.2. The van der Waals surface area contributed by atoms with Crippen LogP contribution in [-0.2, 0) is 23.9 Å². The van der Waals surface area contributed by atoms with Crippen LogP contribution in [0.5, 0.6) is 0 Å². The lowest BCUT2D eigenvalue weighted by Gasteiger charge is -2.25. The van der Waals surface area contributed by atoms with E-state index in [1.54, 1.807) is 0 Å². The largest absolute Gasteiger partial charge is 0.478 e. The first-order valence-electron chi connectivity index (χ1n) is 11.0. The zero-order valence-electron chi connectivity index (χ0n) is 19.5. The lowest BCUT2D eigenvalue weighted by molar-refractivity contribution is -0.145. The number of carboxylic acids is 2. The maximum Gasteiger partial charge on any atom is 0.328 e. The monoisotopic (exact) mass is 452 g/mol. The lowest BCUT2D eigenvalue weighted by atomic mass is 9.81. The summed E-state index contributed by atoms with van der Waals surface area (Å²) in [5.74, 6) is -2.47. The van der Waals surface area contributed by atoms with Gasteiger partial charge in [0.2, 0.25) is 0 Å². The second-order valence-corrected chi connectivity index (χ2v) is 9.92. The molecule has 0 spiro atoms. The molecule has 0 saturated carbocycles. The molecule has 9 heteroatoms. The maximum atomic E-state index is 12.5. The summed E-state index contributed by atoms with van der Waals surface area (Å²) in [6.07, 6.45) is 7.49. The van der Waals surface area contributed by atoms with Crippen LogP contribution in [0.2, 0.25) is 0 Å². The summed E-state index contributed by atoms with van der Waals surface area (Å²) >= 11 is 0. The molecule has 0 aromatic rings. The summed E-state index contributed by atoms with van der Waals surface area (Å²) < 4.78 is 11.8. The molecule has 2 fully saturated rings. The molecule has 3 rings (SSSR count). The Labute approximate surface area is 189 Å². The van der Waals surface area contributed by atoms with E-state index >= 15 is 0 Å². The van der Waals surface area contributed by atoms with Gasteiger partial charge in [-0.2, -0.15) is 0 Å². The minimum absolute atomic E-state index is 0.0320. The highest BCUT2D eigenvalue weighted by Gasteiger charge is 2.62. The Balaban J connectivity index is 0.000000390. The Morgan fingerprint density at radius 3 is 2.44 bits per heavy atom. The van der Waals surface area contributed by atoms with Crippen LogP contribution in [0.4, 0.5) is 0 Å². The quantitative estimate of drug-likeness (QED) is 0.163. The molecule has 0 bridgehead atoms. The van der Waals surface area contributed by atoms with Crippen molar-refractivity contribution in [1.29, 1.82) is 0 Å². The van der Waals surface area contributed by atoms with Crippen molar-refractivity contribution in [3.05, 3.63) is 23.8 Å². The SMILES string of the molecule is CC1=CCC[C@@]2(C)O[C@H]2[C@H]2OC(=O)[C@@H](CNNC(C)(C)C)[C@@H]2CC1.O=C(O)/C=C/C(=O)O. The fourth-order valence-corrected chi connectivity index (χ4v) is 4.14. The van der Waals surface area contributed by atoms with Gasteiger partial charge in [-0.3, -0.25) is 15.6 Å². The Morgan fingerprint density at radius 1 is 1.25 bits per heavy atom. The normalized spacial score (nSPS) is 32.0. The third-order valence-corrected chi connectivity index (χ3v) is 5.89. The van der Waals surface area contributed by atoms with E-state index in [0.29, 0.717) is 18.7 Å². The van der Waals surface area contributed by atoms with Gasteiger partial charge in [0.1, 0.15) is 12.2 Å². The van der Waals surface area contributed by atoms with Crippen LogP contribution < -0.4 is 10.9 Å². The number of aliphatic carboxylic acids is 2. The van der Waals surface area contributed by atoms with Crippen LogP contribution in [0.1, 0.15) is 60.3 Å². The predicted octanol–water partition coefficient (Wildman–Crippen LogP) is 2.43. The van der Waals surface area contributed by atoms with Gasteiger partial charge in [0.25, 0.3) is 0 Å². The third kappa shape index (κ3) is 7.72. The summed E-state index contributed by atoms with van der Waals surface area (Å²) in [7, 11) is 0. The van der Waals surface area contributed by atoms with E-state index in [2.05, 4.69) is 51.5 Å². The minimum Gasteiger partial charge on any atom is -0.478 e. The molecule has 4 N–H and O–H groups in total. The molecule has 0 aromatic heterocycles. The molecule has 2 saturated heterocycles.